The van der Waals surface area contributed by atoms with Gasteiger partial charge in [-0.25, -0.2) is 12.7 Å². The van der Waals surface area contributed by atoms with E-state index in [2.05, 4.69) is 13.8 Å². The molecule has 0 atom stereocenters. The lowest BCUT2D eigenvalue weighted by Gasteiger charge is -2.22. The molecule has 0 aromatic rings. The van der Waals surface area contributed by atoms with Gasteiger partial charge in [0.1, 0.15) is 0 Å². The summed E-state index contributed by atoms with van der Waals surface area (Å²) in [5.41, 5.74) is 0. The average Bonchev–Trinajstić information content (AvgIpc) is 2.42. The Morgan fingerprint density at radius 2 is 1.40 bits per heavy atom. The molecule has 0 aliphatic rings. The van der Waals surface area contributed by atoms with Crippen LogP contribution >= 0.6 is 0 Å². The van der Waals surface area contributed by atoms with Crippen molar-refractivity contribution in [2.45, 2.75) is 71.6 Å². The lowest BCUT2D eigenvalue weighted by atomic mass is 10.2. The summed E-state index contributed by atoms with van der Waals surface area (Å²) in [7, 11) is -3.11. The van der Waals surface area contributed by atoms with Crippen molar-refractivity contribution in [2.24, 2.45) is 0 Å². The number of nitrogens with zero attached hydrogens (tertiary/aromatic N) is 1. The third-order valence-electron chi connectivity index (χ3n) is 3.48. The number of sulfonamides is 1. The van der Waals surface area contributed by atoms with E-state index in [0.29, 0.717) is 19.5 Å². The molecule has 1 N–H and O–H groups in total. The van der Waals surface area contributed by atoms with E-state index in [9.17, 15) is 8.42 Å². The van der Waals surface area contributed by atoms with E-state index < -0.39 is 10.0 Å². The number of aliphatic hydroxyl groups is 1. The van der Waals surface area contributed by atoms with E-state index in [0.717, 1.165) is 38.5 Å². The van der Waals surface area contributed by atoms with E-state index in [1.165, 1.54) is 12.8 Å². The van der Waals surface area contributed by atoms with Gasteiger partial charge in [0.2, 0.25) is 10.0 Å². The molecule has 4 nitrogen and oxygen atoms in total. The van der Waals surface area contributed by atoms with E-state index in [4.69, 9.17) is 5.11 Å². The fourth-order valence-corrected chi connectivity index (χ4v) is 3.78. The largest absolute Gasteiger partial charge is 0.396 e. The molecule has 0 heterocycles. The quantitative estimate of drug-likeness (QED) is 0.502. The first kappa shape index (κ1) is 19.9. The van der Waals surface area contributed by atoms with Crippen LogP contribution in [0.15, 0.2) is 0 Å². The summed E-state index contributed by atoms with van der Waals surface area (Å²) in [4.78, 5) is 0. The Kier molecular flexibility index (Phi) is 12.5. The van der Waals surface area contributed by atoms with Crippen molar-refractivity contribution in [3.05, 3.63) is 0 Å². The molecule has 0 aromatic carbocycles. The Bertz CT molecular complexity index is 304. The predicted molar refractivity (Wildman–Crippen MR) is 85.3 cm³/mol. The van der Waals surface area contributed by atoms with Crippen molar-refractivity contribution in [1.29, 1.82) is 0 Å². The molecule has 0 radical (unpaired) electrons. The van der Waals surface area contributed by atoms with Crippen LogP contribution in [0.4, 0.5) is 0 Å². The van der Waals surface area contributed by atoms with Crippen LogP contribution in [0.3, 0.4) is 0 Å². The standard InChI is InChI=1S/C15H33NO3S/c1-3-5-7-8-11-15-20(18,19)16(12-6-4-2)13-9-10-14-17/h17H,3-15H2,1-2H3. The molecule has 0 amide bonds. The van der Waals surface area contributed by atoms with Gasteiger partial charge in [0.15, 0.2) is 0 Å². The van der Waals surface area contributed by atoms with Crippen LogP contribution in [0.1, 0.15) is 71.6 Å². The third-order valence-corrected chi connectivity index (χ3v) is 5.43. The van der Waals surface area contributed by atoms with Crippen molar-refractivity contribution in [1.82, 2.24) is 4.31 Å². The van der Waals surface area contributed by atoms with Gasteiger partial charge in [0.05, 0.1) is 5.75 Å². The smallest absolute Gasteiger partial charge is 0.214 e. The van der Waals surface area contributed by atoms with Crippen LogP contribution in [-0.4, -0.2) is 43.3 Å². The molecule has 0 fully saturated rings. The zero-order valence-corrected chi connectivity index (χ0v) is 14.1. The second-order valence-corrected chi connectivity index (χ2v) is 7.50. The second-order valence-electron chi connectivity index (χ2n) is 5.41. The van der Waals surface area contributed by atoms with Gasteiger partial charge in [-0.1, -0.05) is 46.0 Å². The van der Waals surface area contributed by atoms with Gasteiger partial charge in [-0.05, 0) is 25.7 Å². The minimum Gasteiger partial charge on any atom is -0.396 e. The summed E-state index contributed by atoms with van der Waals surface area (Å²) in [6, 6.07) is 0. The topological polar surface area (TPSA) is 57.6 Å². The summed E-state index contributed by atoms with van der Waals surface area (Å²) < 4.78 is 26.3. The lowest BCUT2D eigenvalue weighted by Crippen LogP contribution is -2.35. The molecular formula is C15H33NO3S. The molecule has 0 saturated heterocycles. The van der Waals surface area contributed by atoms with Crippen molar-refractivity contribution in [3.8, 4) is 0 Å². The van der Waals surface area contributed by atoms with Crippen LogP contribution in [-0.2, 0) is 10.0 Å². The first-order valence-corrected chi connectivity index (χ1v) is 9.78. The molecule has 0 bridgehead atoms. The zero-order valence-electron chi connectivity index (χ0n) is 13.3. The summed E-state index contributed by atoms with van der Waals surface area (Å²) in [5, 5.41) is 8.81. The van der Waals surface area contributed by atoms with Gasteiger partial charge in [0.25, 0.3) is 0 Å². The summed E-state index contributed by atoms with van der Waals surface area (Å²) >= 11 is 0. The highest BCUT2D eigenvalue weighted by Crippen LogP contribution is 2.11. The first-order chi connectivity index (χ1) is 9.58. The van der Waals surface area contributed by atoms with E-state index in [1.807, 2.05) is 0 Å². The Labute approximate surface area is 125 Å². The molecule has 5 heteroatoms. The number of hydrogen-bond donors (Lipinski definition) is 1. The molecule has 122 valence electrons. The van der Waals surface area contributed by atoms with Crippen LogP contribution < -0.4 is 0 Å². The predicted octanol–water partition coefficient (Wildman–Crippen LogP) is 3.16. The Hall–Kier alpha value is -0.130. The van der Waals surface area contributed by atoms with Crippen molar-refractivity contribution in [2.75, 3.05) is 25.4 Å². The first-order valence-electron chi connectivity index (χ1n) is 8.17. The number of unbranched alkanes of at least 4 members (excludes halogenated alkanes) is 6. The Morgan fingerprint density at radius 3 is 2.00 bits per heavy atom. The van der Waals surface area contributed by atoms with Crippen LogP contribution in [0.5, 0.6) is 0 Å². The molecular weight excluding hydrogens is 274 g/mol. The minimum absolute atomic E-state index is 0.138. The number of rotatable bonds is 14. The summed E-state index contributed by atoms with van der Waals surface area (Å²) in [6.45, 7) is 5.55. The maximum absolute atomic E-state index is 12.3. The SMILES string of the molecule is CCCCCCCS(=O)(=O)N(CCCC)CCCCO. The Morgan fingerprint density at radius 1 is 0.800 bits per heavy atom. The van der Waals surface area contributed by atoms with E-state index >= 15 is 0 Å². The maximum Gasteiger partial charge on any atom is 0.214 e. The molecule has 0 spiro atoms. The van der Waals surface area contributed by atoms with Gasteiger partial charge >= 0.3 is 0 Å². The fourth-order valence-electron chi connectivity index (χ4n) is 2.14. The van der Waals surface area contributed by atoms with Gasteiger partial charge < -0.3 is 5.11 Å². The highest BCUT2D eigenvalue weighted by molar-refractivity contribution is 7.89. The maximum atomic E-state index is 12.3. The van der Waals surface area contributed by atoms with Gasteiger partial charge in [-0.2, -0.15) is 0 Å². The summed E-state index contributed by atoms with van der Waals surface area (Å²) in [5.74, 6) is 0.277. The van der Waals surface area contributed by atoms with E-state index in [1.54, 1.807) is 4.31 Å². The molecule has 0 rings (SSSR count). The highest BCUT2D eigenvalue weighted by Gasteiger charge is 2.20. The monoisotopic (exact) mass is 307 g/mol. The fraction of sp³-hybridized carbons (Fsp3) is 1.00. The Balaban J connectivity index is 4.21. The zero-order chi connectivity index (χ0) is 15.3. The second kappa shape index (κ2) is 12.6. The summed E-state index contributed by atoms with van der Waals surface area (Å²) in [6.07, 6.45) is 8.61. The molecule has 0 unspecified atom stereocenters. The van der Waals surface area contributed by atoms with E-state index in [-0.39, 0.29) is 12.4 Å². The van der Waals surface area contributed by atoms with Crippen LogP contribution in [0.25, 0.3) is 0 Å². The van der Waals surface area contributed by atoms with Gasteiger partial charge in [0, 0.05) is 19.7 Å². The molecule has 0 aromatic heterocycles. The van der Waals surface area contributed by atoms with Crippen LogP contribution in [0.2, 0.25) is 0 Å². The van der Waals surface area contributed by atoms with Crippen molar-refractivity contribution < 1.29 is 13.5 Å². The third kappa shape index (κ3) is 9.72. The van der Waals surface area contributed by atoms with Gasteiger partial charge in [-0.3, -0.25) is 0 Å². The van der Waals surface area contributed by atoms with Gasteiger partial charge in [-0.15, -0.1) is 0 Å². The number of aliphatic hydroxyl groups excluding tert-OH is 1. The average molecular weight is 308 g/mol. The highest BCUT2D eigenvalue weighted by atomic mass is 32.2. The lowest BCUT2D eigenvalue weighted by molar-refractivity contribution is 0.276. The normalized spacial score (nSPS) is 12.2. The van der Waals surface area contributed by atoms with Crippen molar-refractivity contribution in [3.63, 3.8) is 0 Å². The molecule has 0 aliphatic carbocycles. The molecule has 0 aliphatic heterocycles. The minimum atomic E-state index is -3.11. The van der Waals surface area contributed by atoms with Crippen LogP contribution in [0, 0.1) is 0 Å². The molecule has 20 heavy (non-hydrogen) atoms. The molecule has 0 saturated carbocycles. The number of hydrogen-bond acceptors (Lipinski definition) is 3. The van der Waals surface area contributed by atoms with Crippen molar-refractivity contribution >= 4 is 10.0 Å².